The molecule has 29 heavy (non-hydrogen) atoms. The maximum atomic E-state index is 6.10. The molecule has 6 nitrogen and oxygen atoms in total. The second kappa shape index (κ2) is 9.65. The number of fused-ring (bicyclic) bond motifs is 1. The average molecular weight is 396 g/mol. The fourth-order valence-electron chi connectivity index (χ4n) is 3.93. The number of nitrogens with zero attached hydrogens (tertiary/aromatic N) is 1. The molecule has 0 amide bonds. The van der Waals surface area contributed by atoms with Crippen molar-refractivity contribution in [3.05, 3.63) is 59.7 Å². The van der Waals surface area contributed by atoms with Gasteiger partial charge in [-0.3, -0.25) is 4.99 Å². The van der Waals surface area contributed by atoms with Crippen LogP contribution >= 0.6 is 0 Å². The molecular weight excluding hydrogens is 366 g/mol. The van der Waals surface area contributed by atoms with Gasteiger partial charge in [-0.05, 0) is 42.5 Å². The summed E-state index contributed by atoms with van der Waals surface area (Å²) in [6.45, 7) is 2.77. The zero-order valence-electron chi connectivity index (χ0n) is 16.9. The molecule has 2 aromatic carbocycles. The summed E-state index contributed by atoms with van der Waals surface area (Å²) in [5, 5.41) is 6.89. The van der Waals surface area contributed by atoms with Crippen LogP contribution in [0.25, 0.3) is 0 Å². The normalized spacial score (nSPS) is 21.1. The summed E-state index contributed by atoms with van der Waals surface area (Å²) in [7, 11) is 1.81. The number of rotatable bonds is 6. The van der Waals surface area contributed by atoms with Crippen LogP contribution in [0.2, 0.25) is 0 Å². The highest BCUT2D eigenvalue weighted by Crippen LogP contribution is 2.33. The van der Waals surface area contributed by atoms with E-state index in [0.717, 1.165) is 56.4 Å². The summed E-state index contributed by atoms with van der Waals surface area (Å²) < 4.78 is 16.9. The number of benzene rings is 2. The largest absolute Gasteiger partial charge is 0.454 e. The van der Waals surface area contributed by atoms with Gasteiger partial charge >= 0.3 is 0 Å². The Hall–Kier alpha value is -2.73. The van der Waals surface area contributed by atoms with Gasteiger partial charge in [0.2, 0.25) is 6.79 Å². The van der Waals surface area contributed by atoms with Crippen LogP contribution in [0, 0.1) is 5.92 Å². The van der Waals surface area contributed by atoms with Crippen LogP contribution in [0.15, 0.2) is 53.5 Å². The van der Waals surface area contributed by atoms with Crippen molar-refractivity contribution in [2.75, 3.05) is 33.5 Å². The molecule has 154 valence electrons. The Morgan fingerprint density at radius 1 is 1.07 bits per heavy atom. The maximum Gasteiger partial charge on any atom is 0.231 e. The predicted molar refractivity (Wildman–Crippen MR) is 113 cm³/mol. The smallest absolute Gasteiger partial charge is 0.231 e. The van der Waals surface area contributed by atoms with Gasteiger partial charge in [-0.2, -0.15) is 0 Å². The van der Waals surface area contributed by atoms with Crippen molar-refractivity contribution in [3.8, 4) is 11.5 Å². The molecule has 2 heterocycles. The lowest BCUT2D eigenvalue weighted by Crippen LogP contribution is -2.42. The molecule has 1 fully saturated rings. The SMILES string of the molecule is CN=C(NCCc1ccc2c(c1)OCO2)NCC1CCCOC1c1ccccc1. The van der Waals surface area contributed by atoms with Crippen LogP contribution in [0.4, 0.5) is 0 Å². The average Bonchev–Trinajstić information content (AvgIpc) is 3.25. The molecular formula is C23H29N3O3. The van der Waals surface area contributed by atoms with E-state index >= 15 is 0 Å². The van der Waals surface area contributed by atoms with Crippen molar-refractivity contribution in [2.45, 2.75) is 25.4 Å². The van der Waals surface area contributed by atoms with Gasteiger partial charge in [-0.25, -0.2) is 0 Å². The molecule has 0 aromatic heterocycles. The highest BCUT2D eigenvalue weighted by Gasteiger charge is 2.27. The van der Waals surface area contributed by atoms with Crippen molar-refractivity contribution in [3.63, 3.8) is 0 Å². The Morgan fingerprint density at radius 3 is 2.79 bits per heavy atom. The third-order valence-electron chi connectivity index (χ3n) is 5.47. The monoisotopic (exact) mass is 395 g/mol. The highest BCUT2D eigenvalue weighted by molar-refractivity contribution is 5.79. The van der Waals surface area contributed by atoms with Crippen LogP contribution in [0.1, 0.15) is 30.1 Å². The molecule has 2 atom stereocenters. The number of hydrogen-bond donors (Lipinski definition) is 2. The number of nitrogens with one attached hydrogen (secondary N) is 2. The molecule has 0 aliphatic carbocycles. The molecule has 2 aliphatic rings. The summed E-state index contributed by atoms with van der Waals surface area (Å²) in [6.07, 6.45) is 3.28. The van der Waals surface area contributed by atoms with E-state index in [9.17, 15) is 0 Å². The Labute approximate surface area is 172 Å². The van der Waals surface area contributed by atoms with Crippen LogP contribution in [-0.2, 0) is 11.2 Å². The first kappa shape index (κ1) is 19.6. The fraction of sp³-hybridized carbons (Fsp3) is 0.435. The lowest BCUT2D eigenvalue weighted by atomic mass is 9.89. The van der Waals surface area contributed by atoms with E-state index in [2.05, 4.69) is 46.0 Å². The first-order valence-electron chi connectivity index (χ1n) is 10.3. The summed E-state index contributed by atoms with van der Waals surface area (Å²) in [6, 6.07) is 16.6. The summed E-state index contributed by atoms with van der Waals surface area (Å²) in [5.74, 6) is 2.90. The van der Waals surface area contributed by atoms with Crippen molar-refractivity contribution < 1.29 is 14.2 Å². The van der Waals surface area contributed by atoms with Crippen LogP contribution < -0.4 is 20.1 Å². The van der Waals surface area contributed by atoms with Crippen LogP contribution in [0.3, 0.4) is 0 Å². The minimum absolute atomic E-state index is 0.143. The first-order chi connectivity index (χ1) is 14.3. The summed E-state index contributed by atoms with van der Waals surface area (Å²) in [5.41, 5.74) is 2.46. The van der Waals surface area contributed by atoms with Gasteiger partial charge in [0.1, 0.15) is 0 Å². The zero-order chi connectivity index (χ0) is 19.9. The van der Waals surface area contributed by atoms with Crippen molar-refractivity contribution >= 4 is 5.96 Å². The molecule has 0 radical (unpaired) electrons. The number of ether oxygens (including phenoxy) is 3. The molecule has 1 saturated heterocycles. The van der Waals surface area contributed by atoms with Gasteiger partial charge < -0.3 is 24.8 Å². The van der Waals surface area contributed by atoms with Crippen molar-refractivity contribution in [1.82, 2.24) is 10.6 Å². The van der Waals surface area contributed by atoms with Crippen molar-refractivity contribution in [2.24, 2.45) is 10.9 Å². The van der Waals surface area contributed by atoms with E-state index in [0.29, 0.717) is 12.7 Å². The Kier molecular flexibility index (Phi) is 6.52. The lowest BCUT2D eigenvalue weighted by Gasteiger charge is -2.32. The molecule has 0 bridgehead atoms. The molecule has 2 unspecified atom stereocenters. The summed E-state index contributed by atoms with van der Waals surface area (Å²) >= 11 is 0. The molecule has 0 saturated carbocycles. The van der Waals surface area contributed by atoms with Gasteiger partial charge in [0.25, 0.3) is 0 Å². The van der Waals surface area contributed by atoms with E-state index in [1.807, 2.05) is 25.2 Å². The van der Waals surface area contributed by atoms with E-state index < -0.39 is 0 Å². The standard InChI is InChI=1S/C23H29N3O3/c1-24-23(25-12-11-17-9-10-20-21(14-17)29-16-28-20)26-15-19-8-5-13-27-22(19)18-6-3-2-4-7-18/h2-4,6-7,9-10,14,19,22H,5,8,11-13,15-16H2,1H3,(H2,24,25,26). The quantitative estimate of drug-likeness (QED) is 0.580. The summed E-state index contributed by atoms with van der Waals surface area (Å²) in [4.78, 5) is 4.37. The number of guanidine groups is 1. The Bertz CT molecular complexity index is 825. The minimum atomic E-state index is 0.143. The van der Waals surface area contributed by atoms with E-state index in [4.69, 9.17) is 14.2 Å². The first-order valence-corrected chi connectivity index (χ1v) is 10.3. The van der Waals surface area contributed by atoms with Gasteiger partial charge in [-0.1, -0.05) is 36.4 Å². The maximum absolute atomic E-state index is 6.10. The highest BCUT2D eigenvalue weighted by atomic mass is 16.7. The number of hydrogen-bond acceptors (Lipinski definition) is 4. The molecule has 2 aromatic rings. The van der Waals surface area contributed by atoms with Crippen molar-refractivity contribution in [1.29, 1.82) is 0 Å². The third kappa shape index (κ3) is 5.01. The zero-order valence-corrected chi connectivity index (χ0v) is 16.9. The van der Waals surface area contributed by atoms with Gasteiger partial charge in [0.15, 0.2) is 17.5 Å². The van der Waals surface area contributed by atoms with Gasteiger partial charge in [0, 0.05) is 32.7 Å². The molecule has 2 N–H and O–H groups in total. The second-order valence-corrected chi connectivity index (χ2v) is 7.42. The molecule has 6 heteroatoms. The fourth-order valence-corrected chi connectivity index (χ4v) is 3.93. The lowest BCUT2D eigenvalue weighted by molar-refractivity contribution is -0.0265. The third-order valence-corrected chi connectivity index (χ3v) is 5.47. The minimum Gasteiger partial charge on any atom is -0.454 e. The predicted octanol–water partition coefficient (Wildman–Crippen LogP) is 3.29. The molecule has 0 spiro atoms. The van der Waals surface area contributed by atoms with Gasteiger partial charge in [-0.15, -0.1) is 0 Å². The van der Waals surface area contributed by atoms with E-state index in [-0.39, 0.29) is 6.10 Å². The Morgan fingerprint density at radius 2 is 1.93 bits per heavy atom. The van der Waals surface area contributed by atoms with Crippen LogP contribution in [0.5, 0.6) is 11.5 Å². The second-order valence-electron chi connectivity index (χ2n) is 7.42. The van der Waals surface area contributed by atoms with E-state index in [1.54, 1.807) is 0 Å². The van der Waals surface area contributed by atoms with Gasteiger partial charge in [0.05, 0.1) is 6.10 Å². The molecule has 2 aliphatic heterocycles. The van der Waals surface area contributed by atoms with Crippen LogP contribution in [-0.4, -0.2) is 39.5 Å². The topological polar surface area (TPSA) is 64.1 Å². The molecule has 4 rings (SSSR count). The Balaban J connectivity index is 1.26. The van der Waals surface area contributed by atoms with E-state index in [1.165, 1.54) is 11.1 Å². The number of aliphatic imine (C=N–C) groups is 1.